The van der Waals surface area contributed by atoms with Crippen molar-refractivity contribution in [3.8, 4) is 0 Å². The molecule has 1 saturated carbocycles. The average molecular weight is 257 g/mol. The van der Waals surface area contributed by atoms with Crippen LogP contribution in [0.2, 0.25) is 0 Å². The molecule has 0 saturated heterocycles. The van der Waals surface area contributed by atoms with Gasteiger partial charge in [-0.1, -0.05) is 20.8 Å². The second-order valence-electron chi connectivity index (χ2n) is 6.41. The van der Waals surface area contributed by atoms with E-state index in [1.165, 1.54) is 19.3 Å². The fraction of sp³-hybridized carbons (Fsp3) is 1.00. The van der Waals surface area contributed by atoms with Crippen LogP contribution in [-0.4, -0.2) is 38.5 Å². The largest absolute Gasteiger partial charge is 0.382 e. The van der Waals surface area contributed by atoms with Gasteiger partial charge in [-0.2, -0.15) is 0 Å². The predicted octanol–water partition coefficient (Wildman–Crippen LogP) is 2.98. The molecule has 0 bridgehead atoms. The first kappa shape index (κ1) is 15.9. The Morgan fingerprint density at radius 2 is 2.11 bits per heavy atom. The van der Waals surface area contributed by atoms with Gasteiger partial charge < -0.3 is 14.8 Å². The second-order valence-corrected chi connectivity index (χ2v) is 6.41. The molecule has 3 nitrogen and oxygen atoms in total. The third-order valence-electron chi connectivity index (χ3n) is 3.80. The van der Waals surface area contributed by atoms with Crippen molar-refractivity contribution in [1.82, 2.24) is 5.32 Å². The highest BCUT2D eigenvalue weighted by molar-refractivity contribution is 4.90. The van der Waals surface area contributed by atoms with Crippen molar-refractivity contribution in [3.63, 3.8) is 0 Å². The highest BCUT2D eigenvalue weighted by Crippen LogP contribution is 2.37. The highest BCUT2D eigenvalue weighted by Gasteiger charge is 2.35. The Morgan fingerprint density at radius 3 is 2.72 bits per heavy atom. The molecule has 1 N–H and O–H groups in total. The lowest BCUT2D eigenvalue weighted by molar-refractivity contribution is -0.0842. The van der Waals surface area contributed by atoms with Crippen molar-refractivity contribution in [1.29, 1.82) is 0 Å². The number of methoxy groups -OCH3 is 1. The molecular formula is C15H31NO2. The van der Waals surface area contributed by atoms with Gasteiger partial charge in [0.05, 0.1) is 18.8 Å². The molecule has 0 aliphatic heterocycles. The summed E-state index contributed by atoms with van der Waals surface area (Å²) in [5.74, 6) is 0. The van der Waals surface area contributed by atoms with Crippen LogP contribution < -0.4 is 5.32 Å². The van der Waals surface area contributed by atoms with Crippen LogP contribution in [0.3, 0.4) is 0 Å². The minimum Gasteiger partial charge on any atom is -0.382 e. The van der Waals surface area contributed by atoms with Gasteiger partial charge in [-0.25, -0.2) is 0 Å². The first-order valence-electron chi connectivity index (χ1n) is 7.36. The molecule has 0 spiro atoms. The number of nitrogens with one attached hydrogen (secondary N) is 1. The van der Waals surface area contributed by atoms with E-state index in [1.54, 1.807) is 7.11 Å². The zero-order valence-electron chi connectivity index (χ0n) is 12.8. The van der Waals surface area contributed by atoms with E-state index in [0.29, 0.717) is 24.2 Å². The standard InChI is InChI=1S/C15H31NO2/c1-6-9-16-13-7-8-15(3,4)10-14(13)18-12(2)11-17-5/h12-14,16H,6-11H2,1-5H3. The van der Waals surface area contributed by atoms with Gasteiger partial charge >= 0.3 is 0 Å². The molecule has 1 aliphatic rings. The van der Waals surface area contributed by atoms with E-state index in [2.05, 4.69) is 33.0 Å². The van der Waals surface area contributed by atoms with E-state index in [9.17, 15) is 0 Å². The molecule has 0 aromatic carbocycles. The fourth-order valence-electron chi connectivity index (χ4n) is 2.80. The molecule has 0 aromatic heterocycles. The lowest BCUT2D eigenvalue weighted by atomic mass is 9.74. The molecule has 0 heterocycles. The Labute approximate surface area is 113 Å². The maximum Gasteiger partial charge on any atom is 0.0784 e. The molecule has 0 radical (unpaired) electrons. The van der Waals surface area contributed by atoms with E-state index < -0.39 is 0 Å². The summed E-state index contributed by atoms with van der Waals surface area (Å²) in [5, 5.41) is 3.64. The fourth-order valence-corrected chi connectivity index (χ4v) is 2.80. The molecule has 3 unspecified atom stereocenters. The SMILES string of the molecule is CCCNC1CCC(C)(C)CC1OC(C)COC. The molecule has 0 amide bonds. The molecule has 3 heteroatoms. The van der Waals surface area contributed by atoms with Crippen LogP contribution in [0.1, 0.15) is 53.4 Å². The van der Waals surface area contributed by atoms with Crippen LogP contribution in [0, 0.1) is 5.41 Å². The van der Waals surface area contributed by atoms with Crippen LogP contribution in [0.25, 0.3) is 0 Å². The Bertz CT molecular complexity index is 231. The monoisotopic (exact) mass is 257 g/mol. The van der Waals surface area contributed by atoms with E-state index >= 15 is 0 Å². The van der Waals surface area contributed by atoms with Crippen LogP contribution >= 0.6 is 0 Å². The van der Waals surface area contributed by atoms with Gasteiger partial charge in [-0.3, -0.25) is 0 Å². The summed E-state index contributed by atoms with van der Waals surface area (Å²) in [6.07, 6.45) is 5.33. The van der Waals surface area contributed by atoms with E-state index in [0.717, 1.165) is 13.0 Å². The predicted molar refractivity (Wildman–Crippen MR) is 75.9 cm³/mol. The van der Waals surface area contributed by atoms with Gasteiger partial charge in [0, 0.05) is 13.2 Å². The first-order valence-corrected chi connectivity index (χ1v) is 7.36. The first-order chi connectivity index (χ1) is 8.48. The van der Waals surface area contributed by atoms with Crippen molar-refractivity contribution in [2.45, 2.75) is 71.6 Å². The van der Waals surface area contributed by atoms with Crippen LogP contribution in [0.15, 0.2) is 0 Å². The van der Waals surface area contributed by atoms with Crippen molar-refractivity contribution in [2.24, 2.45) is 5.41 Å². The van der Waals surface area contributed by atoms with Crippen molar-refractivity contribution < 1.29 is 9.47 Å². The Balaban J connectivity index is 2.53. The third-order valence-corrected chi connectivity index (χ3v) is 3.80. The van der Waals surface area contributed by atoms with Gasteiger partial charge in [0.25, 0.3) is 0 Å². The maximum absolute atomic E-state index is 6.19. The van der Waals surface area contributed by atoms with Gasteiger partial charge in [0.15, 0.2) is 0 Å². The maximum atomic E-state index is 6.19. The number of rotatable bonds is 7. The van der Waals surface area contributed by atoms with Gasteiger partial charge in [0.2, 0.25) is 0 Å². The summed E-state index contributed by atoms with van der Waals surface area (Å²) in [5.41, 5.74) is 0.405. The number of hydrogen-bond donors (Lipinski definition) is 1. The Hall–Kier alpha value is -0.120. The lowest BCUT2D eigenvalue weighted by Gasteiger charge is -2.42. The minimum atomic E-state index is 0.180. The van der Waals surface area contributed by atoms with Gasteiger partial charge in [0.1, 0.15) is 0 Å². The smallest absolute Gasteiger partial charge is 0.0784 e. The summed E-state index contributed by atoms with van der Waals surface area (Å²) >= 11 is 0. The zero-order chi connectivity index (χ0) is 13.6. The van der Waals surface area contributed by atoms with E-state index in [1.807, 2.05) is 0 Å². The zero-order valence-corrected chi connectivity index (χ0v) is 12.8. The average Bonchev–Trinajstić information content (AvgIpc) is 2.27. The molecule has 18 heavy (non-hydrogen) atoms. The summed E-state index contributed by atoms with van der Waals surface area (Å²) in [4.78, 5) is 0. The highest BCUT2D eigenvalue weighted by atomic mass is 16.5. The van der Waals surface area contributed by atoms with Crippen molar-refractivity contribution in [3.05, 3.63) is 0 Å². The van der Waals surface area contributed by atoms with Gasteiger partial charge in [-0.15, -0.1) is 0 Å². The van der Waals surface area contributed by atoms with Crippen LogP contribution in [-0.2, 0) is 9.47 Å². The summed E-state index contributed by atoms with van der Waals surface area (Å²) in [7, 11) is 1.73. The molecule has 0 aromatic rings. The quantitative estimate of drug-likeness (QED) is 0.760. The molecule has 1 rings (SSSR count). The van der Waals surface area contributed by atoms with Gasteiger partial charge in [-0.05, 0) is 44.6 Å². The summed E-state index contributed by atoms with van der Waals surface area (Å²) < 4.78 is 11.4. The topological polar surface area (TPSA) is 30.5 Å². The van der Waals surface area contributed by atoms with E-state index in [-0.39, 0.29) is 6.10 Å². The summed E-state index contributed by atoms with van der Waals surface area (Å²) in [6, 6.07) is 0.511. The normalized spacial score (nSPS) is 29.2. The van der Waals surface area contributed by atoms with E-state index in [4.69, 9.17) is 9.47 Å². The third kappa shape index (κ3) is 5.25. The van der Waals surface area contributed by atoms with Crippen LogP contribution in [0.4, 0.5) is 0 Å². The molecule has 3 atom stereocenters. The molecule has 1 aliphatic carbocycles. The molecular weight excluding hydrogens is 226 g/mol. The molecule has 1 fully saturated rings. The number of hydrogen-bond acceptors (Lipinski definition) is 3. The number of ether oxygens (including phenoxy) is 2. The minimum absolute atomic E-state index is 0.180. The second kappa shape index (κ2) is 7.46. The van der Waals surface area contributed by atoms with Crippen molar-refractivity contribution >= 4 is 0 Å². The summed E-state index contributed by atoms with van der Waals surface area (Å²) in [6.45, 7) is 10.8. The van der Waals surface area contributed by atoms with Crippen LogP contribution in [0.5, 0.6) is 0 Å². The molecule has 108 valence electrons. The Kier molecular flexibility index (Phi) is 6.61. The lowest BCUT2D eigenvalue weighted by Crippen LogP contribution is -2.49. The Morgan fingerprint density at radius 1 is 1.39 bits per heavy atom. The van der Waals surface area contributed by atoms with Crippen molar-refractivity contribution in [2.75, 3.05) is 20.3 Å².